The second-order valence-electron chi connectivity index (χ2n) is 8.17. The van der Waals surface area contributed by atoms with Crippen molar-refractivity contribution in [1.82, 2.24) is 15.8 Å². The summed E-state index contributed by atoms with van der Waals surface area (Å²) in [5, 5.41) is 4.02. The third kappa shape index (κ3) is 4.02. The number of rotatable bonds is 7. The van der Waals surface area contributed by atoms with Gasteiger partial charge in [-0.25, -0.2) is 4.79 Å². The van der Waals surface area contributed by atoms with E-state index in [1.54, 1.807) is 32.9 Å². The first-order chi connectivity index (χ1) is 14.7. The van der Waals surface area contributed by atoms with E-state index < -0.39 is 41.0 Å². The molecule has 1 aromatic carbocycles. The quantitative estimate of drug-likeness (QED) is 0.372. The van der Waals surface area contributed by atoms with Crippen LogP contribution in [0.5, 0.6) is 0 Å². The van der Waals surface area contributed by atoms with Crippen LogP contribution in [0.1, 0.15) is 47.9 Å². The average Bonchev–Trinajstić information content (AvgIpc) is 3.32. The Hall–Kier alpha value is -3.27. The number of carbonyl (C=O) groups excluding carboxylic acids is 5. The molecule has 1 aromatic rings. The number of aldehydes is 2. The van der Waals surface area contributed by atoms with Gasteiger partial charge in [0.15, 0.2) is 6.29 Å². The fourth-order valence-corrected chi connectivity index (χ4v) is 4.14. The van der Waals surface area contributed by atoms with Gasteiger partial charge in [-0.1, -0.05) is 32.0 Å². The smallest absolute Gasteiger partial charge is 0.408 e. The van der Waals surface area contributed by atoms with Crippen LogP contribution in [0.3, 0.4) is 0 Å². The van der Waals surface area contributed by atoms with E-state index in [4.69, 9.17) is 9.47 Å². The summed E-state index contributed by atoms with van der Waals surface area (Å²) in [6.45, 7) is 5.32. The summed E-state index contributed by atoms with van der Waals surface area (Å²) in [4.78, 5) is 60.9. The summed E-state index contributed by atoms with van der Waals surface area (Å²) in [5.41, 5.74) is 0.788. The number of carbonyl (C=O) groups is 5. The standard InChI is InChI=1S/C21H25N3O7/c1-4-30-17(27)9-16-21(15(11-26)20(2,3)12-31-19(29)22-21)24(16)23-18(28)14-8-6-5-7-13(14)10-25/h5-8,10-11,15-16H,4,9,12H2,1-3H3,(H,22,29)(H,23,28)/t15-,16-,21-,24?/m0/s1. The Morgan fingerprint density at radius 2 is 2.03 bits per heavy atom. The van der Waals surface area contributed by atoms with E-state index in [1.165, 1.54) is 17.1 Å². The number of nitrogens with one attached hydrogen (secondary N) is 2. The van der Waals surface area contributed by atoms with Crippen molar-refractivity contribution >= 4 is 30.5 Å². The van der Waals surface area contributed by atoms with Crippen molar-refractivity contribution in [3.63, 3.8) is 0 Å². The molecule has 2 aliphatic heterocycles. The van der Waals surface area contributed by atoms with Crippen LogP contribution in [0, 0.1) is 11.3 Å². The number of cyclic esters (lactones) is 1. The molecular weight excluding hydrogens is 406 g/mol. The number of esters is 1. The molecule has 4 atom stereocenters. The zero-order valence-electron chi connectivity index (χ0n) is 17.5. The van der Waals surface area contributed by atoms with Crippen LogP contribution >= 0.6 is 0 Å². The molecule has 166 valence electrons. The van der Waals surface area contributed by atoms with Gasteiger partial charge < -0.3 is 14.3 Å². The van der Waals surface area contributed by atoms with E-state index >= 15 is 0 Å². The second kappa shape index (κ2) is 8.46. The van der Waals surface area contributed by atoms with Gasteiger partial charge >= 0.3 is 12.1 Å². The molecule has 10 heteroatoms. The minimum absolute atomic E-state index is 0.0219. The van der Waals surface area contributed by atoms with Crippen molar-refractivity contribution in [2.24, 2.45) is 11.3 Å². The molecule has 2 fully saturated rings. The number of benzene rings is 1. The van der Waals surface area contributed by atoms with Gasteiger partial charge in [-0.15, -0.1) is 0 Å². The number of ether oxygens (including phenoxy) is 2. The molecule has 3 rings (SSSR count). The van der Waals surface area contributed by atoms with Gasteiger partial charge in [0.1, 0.15) is 11.9 Å². The largest absolute Gasteiger partial charge is 0.466 e. The highest BCUT2D eigenvalue weighted by molar-refractivity contribution is 6.01. The van der Waals surface area contributed by atoms with Crippen molar-refractivity contribution in [2.75, 3.05) is 13.2 Å². The summed E-state index contributed by atoms with van der Waals surface area (Å²) in [7, 11) is 0. The maximum absolute atomic E-state index is 12.9. The summed E-state index contributed by atoms with van der Waals surface area (Å²) < 4.78 is 10.2. The van der Waals surface area contributed by atoms with Crippen molar-refractivity contribution < 1.29 is 33.4 Å². The van der Waals surface area contributed by atoms with Crippen LogP contribution in [0.15, 0.2) is 24.3 Å². The molecule has 1 spiro atoms. The molecule has 0 radical (unpaired) electrons. The number of nitrogens with zero attached hydrogens (tertiary/aromatic N) is 1. The van der Waals surface area contributed by atoms with Crippen LogP contribution in [-0.2, 0) is 19.1 Å². The second-order valence-corrected chi connectivity index (χ2v) is 8.17. The zero-order chi connectivity index (χ0) is 22.8. The molecule has 0 saturated carbocycles. The van der Waals surface area contributed by atoms with Gasteiger partial charge in [0.25, 0.3) is 5.91 Å². The lowest BCUT2D eigenvalue weighted by Gasteiger charge is -2.32. The number of alkyl carbamates (subject to hydrolysis) is 1. The molecule has 2 saturated heterocycles. The Kier molecular flexibility index (Phi) is 6.12. The first-order valence-electron chi connectivity index (χ1n) is 9.91. The molecule has 0 bridgehead atoms. The van der Waals surface area contributed by atoms with Crippen LogP contribution < -0.4 is 10.7 Å². The third-order valence-electron chi connectivity index (χ3n) is 5.70. The van der Waals surface area contributed by atoms with Gasteiger partial charge in [0.2, 0.25) is 0 Å². The molecule has 2 aliphatic rings. The fraction of sp³-hybridized carbons (Fsp3) is 0.476. The monoisotopic (exact) mass is 431 g/mol. The predicted octanol–water partition coefficient (Wildman–Crippen LogP) is 1.06. The SMILES string of the molecule is CCOC(=O)C[C@@H]1N(NC(=O)c2ccccc2C=O)[C@]12NC(=O)OCC(C)(C)[C@@H]2C=O. The molecule has 2 amide bonds. The van der Waals surface area contributed by atoms with Gasteiger partial charge in [0.05, 0.1) is 37.2 Å². The highest BCUT2D eigenvalue weighted by Gasteiger charge is 2.73. The molecule has 0 aliphatic carbocycles. The molecule has 31 heavy (non-hydrogen) atoms. The molecule has 0 aromatic heterocycles. The third-order valence-corrected chi connectivity index (χ3v) is 5.70. The van der Waals surface area contributed by atoms with Gasteiger partial charge in [0, 0.05) is 11.0 Å². The summed E-state index contributed by atoms with van der Waals surface area (Å²) in [6.07, 6.45) is 0.307. The number of hydrazine groups is 1. The van der Waals surface area contributed by atoms with Crippen molar-refractivity contribution in [2.45, 2.75) is 38.9 Å². The predicted molar refractivity (Wildman–Crippen MR) is 107 cm³/mol. The minimum atomic E-state index is -1.38. The van der Waals surface area contributed by atoms with Gasteiger partial charge in [-0.05, 0) is 13.0 Å². The first-order valence-corrected chi connectivity index (χ1v) is 9.91. The van der Waals surface area contributed by atoms with E-state index in [1.807, 2.05) is 0 Å². The zero-order valence-corrected chi connectivity index (χ0v) is 17.5. The maximum Gasteiger partial charge on any atom is 0.408 e. The average molecular weight is 431 g/mol. The molecule has 2 N–H and O–H groups in total. The number of hydrogen-bond donors (Lipinski definition) is 2. The highest BCUT2D eigenvalue weighted by atomic mass is 16.6. The Morgan fingerprint density at radius 3 is 2.68 bits per heavy atom. The molecular formula is C21H25N3O7. The van der Waals surface area contributed by atoms with E-state index in [0.717, 1.165) is 0 Å². The highest BCUT2D eigenvalue weighted by Crippen LogP contribution is 2.51. The van der Waals surface area contributed by atoms with Crippen LogP contribution in [0.25, 0.3) is 0 Å². The van der Waals surface area contributed by atoms with Crippen LogP contribution in [-0.4, -0.2) is 60.5 Å². The normalized spacial score (nSPS) is 28.5. The van der Waals surface area contributed by atoms with Gasteiger partial charge in [-0.2, -0.15) is 5.01 Å². The summed E-state index contributed by atoms with van der Waals surface area (Å²) in [5.74, 6) is -1.97. The van der Waals surface area contributed by atoms with Crippen molar-refractivity contribution in [3.05, 3.63) is 35.4 Å². The lowest BCUT2D eigenvalue weighted by Crippen LogP contribution is -2.53. The topological polar surface area (TPSA) is 131 Å². The Morgan fingerprint density at radius 1 is 1.32 bits per heavy atom. The molecule has 2 heterocycles. The number of hydrogen-bond acceptors (Lipinski definition) is 8. The lowest BCUT2D eigenvalue weighted by atomic mass is 9.74. The Labute approximate surface area is 179 Å². The first kappa shape index (κ1) is 22.4. The van der Waals surface area contributed by atoms with Gasteiger partial charge in [-0.3, -0.25) is 25.1 Å². The van der Waals surface area contributed by atoms with E-state index in [0.29, 0.717) is 12.6 Å². The summed E-state index contributed by atoms with van der Waals surface area (Å²) in [6, 6.07) is 5.45. The van der Waals surface area contributed by atoms with Crippen LogP contribution in [0.4, 0.5) is 4.79 Å². The summed E-state index contributed by atoms with van der Waals surface area (Å²) >= 11 is 0. The van der Waals surface area contributed by atoms with Crippen molar-refractivity contribution in [1.29, 1.82) is 0 Å². The maximum atomic E-state index is 12.9. The Balaban J connectivity index is 1.98. The van der Waals surface area contributed by atoms with E-state index in [9.17, 15) is 24.0 Å². The minimum Gasteiger partial charge on any atom is -0.466 e. The molecule has 10 nitrogen and oxygen atoms in total. The van der Waals surface area contributed by atoms with E-state index in [2.05, 4.69) is 10.7 Å². The fourth-order valence-electron chi connectivity index (χ4n) is 4.14. The van der Waals surface area contributed by atoms with Crippen LogP contribution in [0.2, 0.25) is 0 Å². The molecule has 1 unspecified atom stereocenters. The van der Waals surface area contributed by atoms with E-state index in [-0.39, 0.29) is 30.8 Å². The Bertz CT molecular complexity index is 916. The van der Waals surface area contributed by atoms with Crippen molar-refractivity contribution in [3.8, 4) is 0 Å². The number of amides is 2. The lowest BCUT2D eigenvalue weighted by molar-refractivity contribution is -0.143.